The highest BCUT2D eigenvalue weighted by Crippen LogP contribution is 2.34. The Bertz CT molecular complexity index is 857. The van der Waals surface area contributed by atoms with Crippen molar-refractivity contribution in [3.63, 3.8) is 0 Å². The maximum Gasteiger partial charge on any atom is 0.233 e. The van der Waals surface area contributed by atoms with Crippen LogP contribution in [-0.2, 0) is 21.1 Å². The molecule has 1 aliphatic heterocycles. The summed E-state index contributed by atoms with van der Waals surface area (Å²) in [6.07, 6.45) is 1.21. The number of amides is 1. The van der Waals surface area contributed by atoms with Gasteiger partial charge < -0.3 is 14.2 Å². The van der Waals surface area contributed by atoms with E-state index in [0.29, 0.717) is 36.0 Å². The van der Waals surface area contributed by atoms with E-state index in [1.165, 1.54) is 17.0 Å². The van der Waals surface area contributed by atoms with Gasteiger partial charge in [0.25, 0.3) is 0 Å². The number of carbonyl (C=O) groups excluding carboxylic acids is 1. The fourth-order valence-electron chi connectivity index (χ4n) is 2.44. The molecule has 0 fully saturated rings. The molecule has 122 valence electrons. The highest BCUT2D eigenvalue weighted by molar-refractivity contribution is 7.90. The van der Waals surface area contributed by atoms with Crippen molar-refractivity contribution in [3.05, 3.63) is 35.7 Å². The average Bonchev–Trinajstić information content (AvgIpc) is 2.90. The van der Waals surface area contributed by atoms with Gasteiger partial charge in [0.2, 0.25) is 5.91 Å². The first-order valence-corrected chi connectivity index (χ1v) is 8.93. The van der Waals surface area contributed by atoms with Crippen molar-refractivity contribution in [3.8, 4) is 5.75 Å². The Kier molecular flexibility index (Phi) is 3.85. The number of ether oxygens (including phenoxy) is 1. The molecule has 7 nitrogen and oxygen atoms in total. The molecule has 3 rings (SSSR count). The van der Waals surface area contributed by atoms with Gasteiger partial charge in [0.05, 0.1) is 29.2 Å². The molecule has 0 unspecified atom stereocenters. The Morgan fingerprint density at radius 2 is 2.13 bits per heavy atom. The Balaban J connectivity index is 1.92. The van der Waals surface area contributed by atoms with Crippen LogP contribution in [0.3, 0.4) is 0 Å². The number of rotatable bonds is 3. The Morgan fingerprint density at radius 3 is 2.78 bits per heavy atom. The van der Waals surface area contributed by atoms with E-state index in [2.05, 4.69) is 5.16 Å². The van der Waals surface area contributed by atoms with Crippen LogP contribution in [0.4, 0.5) is 5.69 Å². The van der Waals surface area contributed by atoms with Crippen molar-refractivity contribution < 1.29 is 22.5 Å². The molecule has 0 bridgehead atoms. The zero-order valence-electron chi connectivity index (χ0n) is 12.8. The first-order chi connectivity index (χ1) is 10.8. The van der Waals surface area contributed by atoms with E-state index in [-0.39, 0.29) is 17.2 Å². The number of hydrogen-bond donors (Lipinski definition) is 0. The summed E-state index contributed by atoms with van der Waals surface area (Å²) < 4.78 is 33.9. The van der Waals surface area contributed by atoms with E-state index in [9.17, 15) is 13.2 Å². The van der Waals surface area contributed by atoms with E-state index in [1.54, 1.807) is 19.1 Å². The summed E-state index contributed by atoms with van der Waals surface area (Å²) in [4.78, 5) is 14.2. The van der Waals surface area contributed by atoms with Crippen LogP contribution in [0.2, 0.25) is 0 Å². The van der Waals surface area contributed by atoms with Gasteiger partial charge in [0.15, 0.2) is 9.84 Å². The summed E-state index contributed by atoms with van der Waals surface area (Å²) in [5.74, 6) is 0.941. The van der Waals surface area contributed by atoms with Crippen molar-refractivity contribution in [1.29, 1.82) is 0 Å². The standard InChI is InChI=1S/C15H16N2O5S/c1-10-7-11(16-22-10)8-15(18)17-5-6-21-14-4-3-12(9-13(14)17)23(2,19)20/h3-4,7,9H,5-6,8H2,1-2H3. The van der Waals surface area contributed by atoms with Gasteiger partial charge in [-0.05, 0) is 25.1 Å². The highest BCUT2D eigenvalue weighted by atomic mass is 32.2. The number of aryl methyl sites for hydroxylation is 1. The van der Waals surface area contributed by atoms with E-state index >= 15 is 0 Å². The first kappa shape index (κ1) is 15.5. The van der Waals surface area contributed by atoms with E-state index < -0.39 is 9.84 Å². The second-order valence-electron chi connectivity index (χ2n) is 5.40. The van der Waals surface area contributed by atoms with Crippen molar-refractivity contribution in [2.45, 2.75) is 18.2 Å². The number of carbonyl (C=O) groups is 1. The molecule has 2 heterocycles. The Morgan fingerprint density at radius 1 is 1.35 bits per heavy atom. The maximum absolute atomic E-state index is 12.5. The largest absolute Gasteiger partial charge is 0.490 e. The predicted octanol–water partition coefficient (Wildman–Crippen LogP) is 1.35. The molecular weight excluding hydrogens is 320 g/mol. The monoisotopic (exact) mass is 336 g/mol. The van der Waals surface area contributed by atoms with Gasteiger partial charge in [0.1, 0.15) is 18.1 Å². The van der Waals surface area contributed by atoms with Gasteiger partial charge in [0, 0.05) is 12.3 Å². The van der Waals surface area contributed by atoms with E-state index in [0.717, 1.165) is 6.26 Å². The van der Waals surface area contributed by atoms with E-state index in [4.69, 9.17) is 9.26 Å². The highest BCUT2D eigenvalue weighted by Gasteiger charge is 2.26. The molecule has 23 heavy (non-hydrogen) atoms. The second kappa shape index (κ2) is 5.69. The van der Waals surface area contributed by atoms with Crippen LogP contribution in [0.15, 0.2) is 33.7 Å². The summed E-state index contributed by atoms with van der Waals surface area (Å²) in [5, 5.41) is 3.81. The van der Waals surface area contributed by atoms with Crippen molar-refractivity contribution >= 4 is 21.4 Å². The molecule has 0 saturated heterocycles. The fraction of sp³-hybridized carbons (Fsp3) is 0.333. The molecule has 0 spiro atoms. The third-order valence-electron chi connectivity index (χ3n) is 3.53. The lowest BCUT2D eigenvalue weighted by atomic mass is 10.2. The summed E-state index contributed by atoms with van der Waals surface area (Å²) in [6.45, 7) is 2.47. The SMILES string of the molecule is Cc1cc(CC(=O)N2CCOc3ccc(S(C)(=O)=O)cc32)no1. The minimum Gasteiger partial charge on any atom is -0.490 e. The van der Waals surface area contributed by atoms with Gasteiger partial charge in [-0.3, -0.25) is 4.79 Å². The molecule has 0 aliphatic carbocycles. The third kappa shape index (κ3) is 3.21. The maximum atomic E-state index is 12.5. The number of sulfone groups is 1. The van der Waals surface area contributed by atoms with Crippen molar-refractivity contribution in [2.24, 2.45) is 0 Å². The summed E-state index contributed by atoms with van der Waals surface area (Å²) >= 11 is 0. The topological polar surface area (TPSA) is 89.7 Å². The molecule has 1 aromatic carbocycles. The summed E-state index contributed by atoms with van der Waals surface area (Å²) in [5.41, 5.74) is 1.00. The molecule has 8 heteroatoms. The van der Waals surface area contributed by atoms with Gasteiger partial charge >= 0.3 is 0 Å². The van der Waals surface area contributed by atoms with Crippen LogP contribution in [0, 0.1) is 6.92 Å². The summed E-state index contributed by atoms with van der Waals surface area (Å²) in [7, 11) is -3.36. The molecule has 1 aliphatic rings. The Labute approximate surface area is 133 Å². The molecule has 1 aromatic heterocycles. The third-order valence-corrected chi connectivity index (χ3v) is 4.64. The molecule has 2 aromatic rings. The number of nitrogens with zero attached hydrogens (tertiary/aromatic N) is 2. The van der Waals surface area contributed by atoms with Crippen LogP contribution >= 0.6 is 0 Å². The quantitative estimate of drug-likeness (QED) is 0.840. The zero-order chi connectivity index (χ0) is 16.6. The summed E-state index contributed by atoms with van der Waals surface area (Å²) in [6, 6.07) is 6.22. The molecular formula is C15H16N2O5S. The predicted molar refractivity (Wildman–Crippen MR) is 82.3 cm³/mol. The van der Waals surface area contributed by atoms with Gasteiger partial charge in [-0.25, -0.2) is 8.42 Å². The lowest BCUT2D eigenvalue weighted by molar-refractivity contribution is -0.118. The minimum absolute atomic E-state index is 0.0832. The smallest absolute Gasteiger partial charge is 0.233 e. The normalized spacial score (nSPS) is 14.3. The van der Waals surface area contributed by atoms with Gasteiger partial charge in [-0.15, -0.1) is 0 Å². The number of hydrogen-bond acceptors (Lipinski definition) is 6. The van der Waals surface area contributed by atoms with Gasteiger partial charge in [-0.2, -0.15) is 0 Å². The van der Waals surface area contributed by atoms with Crippen LogP contribution in [0.1, 0.15) is 11.5 Å². The first-order valence-electron chi connectivity index (χ1n) is 7.04. The molecule has 0 saturated carbocycles. The van der Waals surface area contributed by atoms with E-state index in [1.807, 2.05) is 0 Å². The minimum atomic E-state index is -3.36. The molecule has 0 N–H and O–H groups in total. The number of fused-ring (bicyclic) bond motifs is 1. The average molecular weight is 336 g/mol. The van der Waals surface area contributed by atoms with Crippen LogP contribution in [-0.4, -0.2) is 38.9 Å². The second-order valence-corrected chi connectivity index (χ2v) is 7.42. The van der Waals surface area contributed by atoms with Crippen LogP contribution in [0.5, 0.6) is 5.75 Å². The van der Waals surface area contributed by atoms with Crippen molar-refractivity contribution in [2.75, 3.05) is 24.3 Å². The van der Waals surface area contributed by atoms with Crippen LogP contribution in [0.25, 0.3) is 0 Å². The number of anilines is 1. The molecule has 0 radical (unpaired) electrons. The molecule has 1 amide bonds. The number of benzene rings is 1. The van der Waals surface area contributed by atoms with Crippen LogP contribution < -0.4 is 9.64 Å². The fourth-order valence-corrected chi connectivity index (χ4v) is 3.08. The van der Waals surface area contributed by atoms with Crippen molar-refractivity contribution in [1.82, 2.24) is 5.16 Å². The zero-order valence-corrected chi connectivity index (χ0v) is 13.6. The lowest BCUT2D eigenvalue weighted by Gasteiger charge is -2.29. The number of aromatic nitrogens is 1. The lowest BCUT2D eigenvalue weighted by Crippen LogP contribution is -2.39. The Hall–Kier alpha value is -2.35. The molecule has 0 atom stereocenters. The van der Waals surface area contributed by atoms with Gasteiger partial charge in [-0.1, -0.05) is 5.16 Å².